The zero-order chi connectivity index (χ0) is 17.8. The lowest BCUT2D eigenvalue weighted by Crippen LogP contribution is -2.45. The molecular formula is C20H23N3O2. The van der Waals surface area contributed by atoms with Crippen molar-refractivity contribution < 1.29 is 9.53 Å². The number of nitrogens with zero attached hydrogens (tertiary/aromatic N) is 2. The molecule has 2 aromatic rings. The van der Waals surface area contributed by atoms with Gasteiger partial charge in [0.05, 0.1) is 6.17 Å². The average Bonchev–Trinajstić information content (AvgIpc) is 3.00. The normalized spacial score (nSPS) is 24.9. The SMILES string of the molecule is CN1CC[C@]2(C)c3cc(-c4ccc(OC(N)=O)cc4)ccc3N(C)C12. The van der Waals surface area contributed by atoms with Crippen LogP contribution in [0.15, 0.2) is 42.5 Å². The summed E-state index contributed by atoms with van der Waals surface area (Å²) in [6.45, 7) is 3.49. The van der Waals surface area contributed by atoms with E-state index in [1.807, 2.05) is 12.1 Å². The fourth-order valence-electron chi connectivity index (χ4n) is 4.59. The molecule has 2 atom stereocenters. The maximum Gasteiger partial charge on any atom is 0.409 e. The Hall–Kier alpha value is -2.53. The minimum Gasteiger partial charge on any atom is -0.411 e. The lowest BCUT2D eigenvalue weighted by atomic mass is 9.80. The van der Waals surface area contributed by atoms with Crippen LogP contribution >= 0.6 is 0 Å². The highest BCUT2D eigenvalue weighted by molar-refractivity contribution is 5.74. The average molecular weight is 337 g/mol. The summed E-state index contributed by atoms with van der Waals surface area (Å²) >= 11 is 0. The van der Waals surface area contributed by atoms with Crippen molar-refractivity contribution in [1.82, 2.24) is 4.90 Å². The van der Waals surface area contributed by atoms with Crippen molar-refractivity contribution in [3.05, 3.63) is 48.0 Å². The Morgan fingerprint density at radius 1 is 1.16 bits per heavy atom. The molecule has 5 nitrogen and oxygen atoms in total. The first-order valence-corrected chi connectivity index (χ1v) is 8.55. The molecule has 2 aromatic carbocycles. The number of benzene rings is 2. The van der Waals surface area contributed by atoms with E-state index in [0.717, 1.165) is 12.1 Å². The molecule has 2 aliphatic rings. The highest BCUT2D eigenvalue weighted by atomic mass is 16.5. The van der Waals surface area contributed by atoms with Crippen LogP contribution in [0.3, 0.4) is 0 Å². The van der Waals surface area contributed by atoms with E-state index in [1.165, 1.54) is 23.2 Å². The number of ether oxygens (including phenoxy) is 1. The first-order chi connectivity index (χ1) is 11.9. The Labute approximate surface area is 148 Å². The number of amides is 1. The summed E-state index contributed by atoms with van der Waals surface area (Å²) in [6.07, 6.45) is 0.794. The topological polar surface area (TPSA) is 58.8 Å². The number of likely N-dealkylation sites (tertiary alicyclic amines) is 1. The largest absolute Gasteiger partial charge is 0.411 e. The molecule has 4 rings (SSSR count). The van der Waals surface area contributed by atoms with E-state index in [4.69, 9.17) is 10.5 Å². The number of carbonyl (C=O) groups excluding carboxylic acids is 1. The smallest absolute Gasteiger partial charge is 0.409 e. The van der Waals surface area contributed by atoms with Crippen LogP contribution in [0.2, 0.25) is 0 Å². The molecule has 5 heteroatoms. The molecule has 130 valence electrons. The molecule has 0 aliphatic carbocycles. The van der Waals surface area contributed by atoms with E-state index in [-0.39, 0.29) is 5.41 Å². The van der Waals surface area contributed by atoms with Gasteiger partial charge in [0.1, 0.15) is 5.75 Å². The number of hydrogen-bond donors (Lipinski definition) is 1. The second-order valence-electron chi connectivity index (χ2n) is 7.31. The van der Waals surface area contributed by atoms with Crippen LogP contribution < -0.4 is 15.4 Å². The van der Waals surface area contributed by atoms with Crippen molar-refractivity contribution in [1.29, 1.82) is 0 Å². The van der Waals surface area contributed by atoms with Gasteiger partial charge in [-0.2, -0.15) is 0 Å². The molecule has 0 aromatic heterocycles. The molecule has 0 saturated carbocycles. The first kappa shape index (κ1) is 16.0. The number of fused-ring (bicyclic) bond motifs is 3. The number of nitrogens with two attached hydrogens (primary N) is 1. The van der Waals surface area contributed by atoms with Crippen LogP contribution in [0.4, 0.5) is 10.5 Å². The predicted octanol–water partition coefficient (Wildman–Crippen LogP) is 3.18. The van der Waals surface area contributed by atoms with Gasteiger partial charge in [-0.15, -0.1) is 0 Å². The minimum atomic E-state index is -0.794. The molecular weight excluding hydrogens is 314 g/mol. The number of primary amides is 1. The molecule has 0 spiro atoms. The molecule has 1 saturated heterocycles. The summed E-state index contributed by atoms with van der Waals surface area (Å²) in [5, 5.41) is 0. The lowest BCUT2D eigenvalue weighted by molar-refractivity contribution is 0.211. The number of anilines is 1. The van der Waals surface area contributed by atoms with E-state index in [1.54, 1.807) is 12.1 Å². The van der Waals surface area contributed by atoms with Crippen molar-refractivity contribution in [3.63, 3.8) is 0 Å². The first-order valence-electron chi connectivity index (χ1n) is 8.55. The molecule has 2 aliphatic heterocycles. The van der Waals surface area contributed by atoms with E-state index in [2.05, 4.69) is 49.0 Å². The Bertz CT molecular complexity index is 833. The Balaban J connectivity index is 1.71. The van der Waals surface area contributed by atoms with Crippen molar-refractivity contribution >= 4 is 11.8 Å². The van der Waals surface area contributed by atoms with E-state index >= 15 is 0 Å². The van der Waals surface area contributed by atoms with Crippen molar-refractivity contribution in [2.45, 2.75) is 24.9 Å². The van der Waals surface area contributed by atoms with E-state index in [0.29, 0.717) is 11.9 Å². The van der Waals surface area contributed by atoms with Crippen LogP contribution in [0.25, 0.3) is 11.1 Å². The van der Waals surface area contributed by atoms with Gasteiger partial charge >= 0.3 is 6.09 Å². The number of hydrogen-bond acceptors (Lipinski definition) is 4. The molecule has 2 heterocycles. The van der Waals surface area contributed by atoms with Gasteiger partial charge in [-0.3, -0.25) is 4.90 Å². The highest BCUT2D eigenvalue weighted by Gasteiger charge is 2.52. The fourth-order valence-corrected chi connectivity index (χ4v) is 4.59. The maximum atomic E-state index is 10.8. The van der Waals surface area contributed by atoms with Crippen LogP contribution in [0.1, 0.15) is 18.9 Å². The summed E-state index contributed by atoms with van der Waals surface area (Å²) in [4.78, 5) is 15.7. The van der Waals surface area contributed by atoms with E-state index in [9.17, 15) is 4.79 Å². The minimum absolute atomic E-state index is 0.157. The van der Waals surface area contributed by atoms with Crippen LogP contribution in [-0.2, 0) is 5.41 Å². The summed E-state index contributed by atoms with van der Waals surface area (Å²) < 4.78 is 4.90. The van der Waals surface area contributed by atoms with Gasteiger partial charge in [-0.05, 0) is 54.4 Å². The Kier molecular flexibility index (Phi) is 3.51. The summed E-state index contributed by atoms with van der Waals surface area (Å²) in [7, 11) is 4.39. The fraction of sp³-hybridized carbons (Fsp3) is 0.350. The van der Waals surface area contributed by atoms with Gasteiger partial charge in [0.15, 0.2) is 0 Å². The molecule has 0 radical (unpaired) electrons. The number of rotatable bonds is 2. The summed E-state index contributed by atoms with van der Waals surface area (Å²) in [5.74, 6) is 0.460. The molecule has 25 heavy (non-hydrogen) atoms. The molecule has 1 unspecified atom stereocenters. The number of likely N-dealkylation sites (N-methyl/N-ethyl adjacent to an activating group) is 2. The van der Waals surface area contributed by atoms with E-state index < -0.39 is 6.09 Å². The van der Waals surface area contributed by atoms with Gasteiger partial charge in [0, 0.05) is 24.7 Å². The van der Waals surface area contributed by atoms with Gasteiger partial charge in [0.2, 0.25) is 0 Å². The number of carbonyl (C=O) groups is 1. The Morgan fingerprint density at radius 3 is 2.52 bits per heavy atom. The van der Waals surface area contributed by atoms with Gasteiger partial charge in [0.25, 0.3) is 0 Å². The lowest BCUT2D eigenvalue weighted by Gasteiger charge is -2.32. The second kappa shape index (κ2) is 5.49. The molecule has 2 N–H and O–H groups in total. The van der Waals surface area contributed by atoms with Gasteiger partial charge < -0.3 is 15.4 Å². The monoisotopic (exact) mass is 337 g/mol. The summed E-state index contributed by atoms with van der Waals surface area (Å²) in [6, 6.07) is 14.1. The standard InChI is InChI=1S/C20H23N3O2/c1-20-10-11-22(2)18(20)23(3)17-9-6-14(12-16(17)20)13-4-7-15(8-5-13)25-19(21)24/h4-9,12,18H,10-11H2,1-3H3,(H2,21,24)/t18?,20-/m1/s1. The summed E-state index contributed by atoms with van der Waals surface area (Å²) in [5.41, 5.74) is 10.2. The molecule has 0 bridgehead atoms. The maximum absolute atomic E-state index is 10.8. The second-order valence-corrected chi connectivity index (χ2v) is 7.31. The zero-order valence-electron chi connectivity index (χ0n) is 14.8. The quantitative estimate of drug-likeness (QED) is 0.914. The van der Waals surface area contributed by atoms with Gasteiger partial charge in [-0.25, -0.2) is 4.79 Å². The van der Waals surface area contributed by atoms with Crippen LogP contribution in [0.5, 0.6) is 5.75 Å². The zero-order valence-corrected chi connectivity index (χ0v) is 14.8. The third kappa shape index (κ3) is 2.38. The van der Waals surface area contributed by atoms with Gasteiger partial charge in [-0.1, -0.05) is 25.1 Å². The third-order valence-electron chi connectivity index (χ3n) is 5.74. The molecule has 1 fully saturated rings. The van der Waals surface area contributed by atoms with Crippen molar-refractivity contribution in [3.8, 4) is 16.9 Å². The van der Waals surface area contributed by atoms with Crippen molar-refractivity contribution in [2.24, 2.45) is 5.73 Å². The molecule has 1 amide bonds. The highest BCUT2D eigenvalue weighted by Crippen LogP contribution is 2.51. The predicted molar refractivity (Wildman–Crippen MR) is 98.9 cm³/mol. The van der Waals surface area contributed by atoms with Crippen LogP contribution in [0, 0.1) is 0 Å². The third-order valence-corrected chi connectivity index (χ3v) is 5.74. The Morgan fingerprint density at radius 2 is 1.84 bits per heavy atom. The van der Waals surface area contributed by atoms with Crippen LogP contribution in [-0.4, -0.2) is 37.8 Å². The van der Waals surface area contributed by atoms with Crippen molar-refractivity contribution in [2.75, 3.05) is 25.5 Å².